The molecule has 1 aliphatic rings. The predicted molar refractivity (Wildman–Crippen MR) is 132 cm³/mol. The van der Waals surface area contributed by atoms with Gasteiger partial charge in [0.1, 0.15) is 0 Å². The molecule has 0 N–H and O–H groups in total. The monoisotopic (exact) mass is 463 g/mol. The highest BCUT2D eigenvalue weighted by molar-refractivity contribution is 7.07. The Labute approximate surface area is 195 Å². The van der Waals surface area contributed by atoms with Crippen LogP contribution in [0.3, 0.4) is 0 Å². The van der Waals surface area contributed by atoms with Crippen LogP contribution in [0.25, 0.3) is 11.3 Å². The molecule has 170 valence electrons. The number of nitrogens with zero attached hydrogens (tertiary/aromatic N) is 5. The van der Waals surface area contributed by atoms with E-state index in [0.717, 1.165) is 53.5 Å². The number of hydrogen-bond acceptors (Lipinski definition) is 7. The van der Waals surface area contributed by atoms with Crippen molar-refractivity contribution in [1.29, 1.82) is 0 Å². The molecule has 1 saturated heterocycles. The Morgan fingerprint density at radius 1 is 1.18 bits per heavy atom. The average Bonchev–Trinajstić information content (AvgIpc) is 3.25. The molecule has 2 aromatic carbocycles. The second-order valence-electron chi connectivity index (χ2n) is 7.73. The molecule has 2 heterocycles. The molecular formula is C24H25N5O3S. The maximum absolute atomic E-state index is 11.0. The highest BCUT2D eigenvalue weighted by Crippen LogP contribution is 2.23. The molecule has 0 amide bonds. The van der Waals surface area contributed by atoms with Crippen LogP contribution in [0, 0.1) is 10.1 Å². The van der Waals surface area contributed by atoms with Crippen LogP contribution in [0.4, 0.5) is 11.4 Å². The van der Waals surface area contributed by atoms with Crippen LogP contribution < -0.4 is 9.70 Å². The molecule has 1 aromatic heterocycles. The van der Waals surface area contributed by atoms with E-state index in [1.807, 2.05) is 24.4 Å². The minimum absolute atomic E-state index is 0.0524. The summed E-state index contributed by atoms with van der Waals surface area (Å²) in [4.78, 5) is 18.3. The highest BCUT2D eigenvalue weighted by Gasteiger charge is 2.12. The number of nitro groups is 1. The number of benzene rings is 2. The number of hydrogen-bond donors (Lipinski definition) is 0. The Morgan fingerprint density at radius 2 is 1.88 bits per heavy atom. The fourth-order valence-corrected chi connectivity index (χ4v) is 4.23. The minimum atomic E-state index is -0.405. The maximum Gasteiger partial charge on any atom is 0.269 e. The maximum atomic E-state index is 11.0. The van der Waals surface area contributed by atoms with E-state index >= 15 is 0 Å². The molecule has 1 aliphatic heterocycles. The summed E-state index contributed by atoms with van der Waals surface area (Å²) in [7, 11) is 0. The van der Waals surface area contributed by atoms with Crippen LogP contribution >= 0.6 is 11.3 Å². The van der Waals surface area contributed by atoms with E-state index in [9.17, 15) is 10.1 Å². The van der Waals surface area contributed by atoms with E-state index in [0.29, 0.717) is 6.54 Å². The SMILES string of the molecule is C=C(C)CN=c1scc(-c2ccc([N+](=O)[O-])cc2)n1N=Cc1ccc(N2CCOCC2)cc1. The molecule has 0 unspecified atom stereocenters. The predicted octanol–water partition coefficient (Wildman–Crippen LogP) is 4.32. The van der Waals surface area contributed by atoms with Gasteiger partial charge in [0.15, 0.2) is 0 Å². The van der Waals surface area contributed by atoms with Crippen LogP contribution in [0.15, 0.2) is 76.2 Å². The Bertz CT molecular complexity index is 1220. The van der Waals surface area contributed by atoms with Gasteiger partial charge in [0.05, 0.1) is 36.6 Å². The third-order valence-electron chi connectivity index (χ3n) is 5.14. The summed E-state index contributed by atoms with van der Waals surface area (Å²) in [5.41, 5.74) is 4.78. The molecule has 0 atom stereocenters. The fourth-order valence-electron chi connectivity index (χ4n) is 3.39. The van der Waals surface area contributed by atoms with Crippen LogP contribution in [0.1, 0.15) is 12.5 Å². The summed E-state index contributed by atoms with van der Waals surface area (Å²) < 4.78 is 7.19. The van der Waals surface area contributed by atoms with Gasteiger partial charge in [-0.25, -0.2) is 4.68 Å². The van der Waals surface area contributed by atoms with Gasteiger partial charge in [0.25, 0.3) is 5.69 Å². The Kier molecular flexibility index (Phi) is 7.11. The van der Waals surface area contributed by atoms with Gasteiger partial charge in [-0.05, 0) is 36.8 Å². The first-order valence-corrected chi connectivity index (χ1v) is 11.5. The van der Waals surface area contributed by atoms with Crippen molar-refractivity contribution < 1.29 is 9.66 Å². The van der Waals surface area contributed by atoms with Gasteiger partial charge >= 0.3 is 0 Å². The van der Waals surface area contributed by atoms with Gasteiger partial charge < -0.3 is 9.64 Å². The largest absolute Gasteiger partial charge is 0.378 e. The van der Waals surface area contributed by atoms with Gasteiger partial charge in [-0.3, -0.25) is 15.1 Å². The number of thiazole rings is 1. The Hall–Kier alpha value is -3.56. The lowest BCUT2D eigenvalue weighted by atomic mass is 10.1. The number of aromatic nitrogens is 1. The third kappa shape index (κ3) is 5.63. The molecule has 8 nitrogen and oxygen atoms in total. The van der Waals surface area contributed by atoms with E-state index in [1.54, 1.807) is 23.0 Å². The second kappa shape index (κ2) is 10.4. The van der Waals surface area contributed by atoms with Crippen molar-refractivity contribution in [3.05, 3.63) is 86.5 Å². The molecule has 3 aromatic rings. The molecule has 0 aliphatic carbocycles. The molecule has 0 bridgehead atoms. The number of morpholine rings is 1. The molecule has 1 fully saturated rings. The molecule has 0 saturated carbocycles. The Balaban J connectivity index is 1.64. The van der Waals surface area contributed by atoms with Gasteiger partial charge in [0, 0.05) is 41.9 Å². The molecule has 9 heteroatoms. The van der Waals surface area contributed by atoms with Crippen molar-refractivity contribution in [3.63, 3.8) is 0 Å². The second-order valence-corrected chi connectivity index (χ2v) is 8.56. The van der Waals surface area contributed by atoms with E-state index in [1.165, 1.54) is 29.2 Å². The number of anilines is 1. The van der Waals surface area contributed by atoms with E-state index in [-0.39, 0.29) is 5.69 Å². The number of nitro benzene ring substituents is 1. The number of ether oxygens (including phenoxy) is 1. The Morgan fingerprint density at radius 3 is 2.52 bits per heavy atom. The van der Waals surface area contributed by atoms with Gasteiger partial charge in [0.2, 0.25) is 4.80 Å². The molecule has 4 rings (SSSR count). The number of non-ortho nitro benzene ring substituents is 1. The van der Waals surface area contributed by atoms with E-state index in [2.05, 4.69) is 28.6 Å². The summed E-state index contributed by atoms with van der Waals surface area (Å²) in [6.07, 6.45) is 1.80. The molecular weight excluding hydrogens is 438 g/mol. The van der Waals surface area contributed by atoms with Crippen molar-refractivity contribution in [3.8, 4) is 11.3 Å². The van der Waals surface area contributed by atoms with Crippen LogP contribution in [-0.4, -0.2) is 48.7 Å². The van der Waals surface area contributed by atoms with Crippen LogP contribution in [0.2, 0.25) is 0 Å². The van der Waals surface area contributed by atoms with Gasteiger partial charge in [-0.1, -0.05) is 24.3 Å². The molecule has 0 spiro atoms. The first-order chi connectivity index (χ1) is 16.0. The number of rotatable bonds is 7. The summed E-state index contributed by atoms with van der Waals surface area (Å²) >= 11 is 1.47. The van der Waals surface area contributed by atoms with Crippen molar-refractivity contribution in [1.82, 2.24) is 4.68 Å². The van der Waals surface area contributed by atoms with Crippen molar-refractivity contribution >= 4 is 28.9 Å². The van der Waals surface area contributed by atoms with Crippen LogP contribution in [0.5, 0.6) is 0 Å². The van der Waals surface area contributed by atoms with Gasteiger partial charge in [-0.2, -0.15) is 5.10 Å². The zero-order valence-corrected chi connectivity index (χ0v) is 19.2. The zero-order valence-electron chi connectivity index (χ0n) is 18.4. The smallest absolute Gasteiger partial charge is 0.269 e. The third-order valence-corrected chi connectivity index (χ3v) is 5.99. The molecule has 0 radical (unpaired) electrons. The fraction of sp³-hybridized carbons (Fsp3) is 0.250. The van der Waals surface area contributed by atoms with E-state index < -0.39 is 4.92 Å². The van der Waals surface area contributed by atoms with Crippen LogP contribution in [-0.2, 0) is 4.74 Å². The lowest BCUT2D eigenvalue weighted by molar-refractivity contribution is -0.384. The quantitative estimate of drug-likeness (QED) is 0.226. The standard InChI is InChI=1S/C24H25N5O3S/c1-18(2)15-25-24-28(23(17-33-24)20-5-9-22(10-6-20)29(30)31)26-16-19-3-7-21(8-4-19)27-11-13-32-14-12-27/h3-10,16-17H,1,11-15H2,2H3. The summed E-state index contributed by atoms with van der Waals surface area (Å²) in [6.45, 7) is 9.64. The summed E-state index contributed by atoms with van der Waals surface area (Å²) in [6, 6.07) is 14.7. The van der Waals surface area contributed by atoms with E-state index in [4.69, 9.17) is 9.84 Å². The lowest BCUT2D eigenvalue weighted by Gasteiger charge is -2.28. The normalized spacial score (nSPS) is 14.7. The highest BCUT2D eigenvalue weighted by atomic mass is 32.1. The molecule has 33 heavy (non-hydrogen) atoms. The van der Waals surface area contributed by atoms with Crippen molar-refractivity contribution in [2.24, 2.45) is 10.1 Å². The van der Waals surface area contributed by atoms with Gasteiger partial charge in [-0.15, -0.1) is 11.3 Å². The first-order valence-electron chi connectivity index (χ1n) is 10.6. The summed E-state index contributed by atoms with van der Waals surface area (Å²) in [5.74, 6) is 0. The van der Waals surface area contributed by atoms with Crippen molar-refractivity contribution in [2.45, 2.75) is 6.92 Å². The lowest BCUT2D eigenvalue weighted by Crippen LogP contribution is -2.36. The summed E-state index contributed by atoms with van der Waals surface area (Å²) in [5, 5.41) is 17.7. The van der Waals surface area contributed by atoms with Crippen molar-refractivity contribution in [2.75, 3.05) is 37.7 Å². The minimum Gasteiger partial charge on any atom is -0.378 e. The average molecular weight is 464 g/mol. The zero-order chi connectivity index (χ0) is 23.2. The first kappa shape index (κ1) is 22.6. The topological polar surface area (TPSA) is 85.3 Å².